The molecule has 0 spiro atoms. The van der Waals surface area contributed by atoms with Gasteiger partial charge in [-0.3, -0.25) is 4.79 Å². The van der Waals surface area contributed by atoms with Crippen molar-refractivity contribution < 1.29 is 26.4 Å². The fraction of sp³-hybridized carbons (Fsp3) is 0.524. The summed E-state index contributed by atoms with van der Waals surface area (Å²) in [6.45, 7) is 3.26. The molecule has 2 aliphatic rings. The van der Waals surface area contributed by atoms with Crippen LogP contribution in [0.15, 0.2) is 35.2 Å². The van der Waals surface area contributed by atoms with E-state index in [9.17, 15) is 21.6 Å². The lowest BCUT2D eigenvalue weighted by Gasteiger charge is -2.26. The molecule has 1 unspecified atom stereocenters. The van der Waals surface area contributed by atoms with Crippen LogP contribution >= 0.6 is 0 Å². The highest BCUT2D eigenvalue weighted by Gasteiger charge is 2.31. The van der Waals surface area contributed by atoms with Crippen LogP contribution < -0.4 is 5.32 Å². The normalized spacial score (nSPS) is 21.2. The molecule has 2 fully saturated rings. The van der Waals surface area contributed by atoms with E-state index in [-0.39, 0.29) is 34.8 Å². The predicted octanol–water partition coefficient (Wildman–Crippen LogP) is 1.14. The van der Waals surface area contributed by atoms with E-state index in [1.165, 1.54) is 4.31 Å². The largest absolute Gasteiger partial charge is 0.379 e. The van der Waals surface area contributed by atoms with Crippen LogP contribution in [0.4, 0.5) is 5.82 Å². The number of benzene rings is 1. The summed E-state index contributed by atoms with van der Waals surface area (Å²) < 4.78 is 57.3. The molecular weight excluding hydrogens is 468 g/mol. The number of carbonyl (C=O) groups is 1. The first-order chi connectivity index (χ1) is 15.6. The number of sulfonamides is 1. The molecule has 2 aromatic rings. The van der Waals surface area contributed by atoms with Gasteiger partial charge in [-0.1, -0.05) is 12.1 Å². The lowest BCUT2D eigenvalue weighted by atomic mass is 10.1. The van der Waals surface area contributed by atoms with Crippen LogP contribution in [0, 0.1) is 6.92 Å². The minimum Gasteiger partial charge on any atom is -0.379 e. The quantitative estimate of drug-likeness (QED) is 0.609. The second-order valence-electron chi connectivity index (χ2n) is 8.38. The summed E-state index contributed by atoms with van der Waals surface area (Å²) in [7, 11) is -6.62. The SMILES string of the molecule is Cc1cc(NC(=O)CCc2ccc(S(=O)(=O)N3CCOCC3)cc2)n(C2CCS(=O)(=O)C2)n1. The van der Waals surface area contributed by atoms with Crippen molar-refractivity contribution in [3.05, 3.63) is 41.6 Å². The molecule has 33 heavy (non-hydrogen) atoms. The maximum Gasteiger partial charge on any atom is 0.243 e. The topological polar surface area (TPSA) is 128 Å². The van der Waals surface area contributed by atoms with E-state index in [0.29, 0.717) is 50.7 Å². The van der Waals surface area contributed by atoms with Crippen molar-refractivity contribution in [1.29, 1.82) is 0 Å². The molecule has 2 saturated heterocycles. The Morgan fingerprint density at radius 3 is 2.55 bits per heavy atom. The molecule has 12 heteroatoms. The zero-order valence-electron chi connectivity index (χ0n) is 18.4. The number of morpholine rings is 1. The van der Waals surface area contributed by atoms with Gasteiger partial charge in [-0.2, -0.15) is 9.40 Å². The Morgan fingerprint density at radius 1 is 1.21 bits per heavy atom. The smallest absolute Gasteiger partial charge is 0.243 e. The predicted molar refractivity (Wildman–Crippen MR) is 122 cm³/mol. The van der Waals surface area contributed by atoms with Gasteiger partial charge in [0.05, 0.1) is 41.4 Å². The molecule has 1 atom stereocenters. The summed E-state index contributed by atoms with van der Waals surface area (Å²) in [6, 6.07) is 8.03. The molecule has 1 N–H and O–H groups in total. The second-order valence-corrected chi connectivity index (χ2v) is 12.5. The number of ether oxygens (including phenoxy) is 1. The maximum atomic E-state index is 12.7. The fourth-order valence-electron chi connectivity index (χ4n) is 4.08. The molecule has 2 aliphatic heterocycles. The van der Waals surface area contributed by atoms with E-state index in [1.807, 2.05) is 0 Å². The first-order valence-corrected chi connectivity index (χ1v) is 14.1. The van der Waals surface area contributed by atoms with Gasteiger partial charge in [0.25, 0.3) is 0 Å². The van der Waals surface area contributed by atoms with E-state index in [1.54, 1.807) is 41.9 Å². The van der Waals surface area contributed by atoms with E-state index in [0.717, 1.165) is 5.56 Å². The molecule has 0 radical (unpaired) electrons. The third-order valence-electron chi connectivity index (χ3n) is 5.85. The van der Waals surface area contributed by atoms with Crippen molar-refractivity contribution in [2.75, 3.05) is 43.1 Å². The number of carbonyl (C=O) groups excluding carboxylic acids is 1. The minimum absolute atomic E-state index is 0.0245. The van der Waals surface area contributed by atoms with Crippen molar-refractivity contribution in [1.82, 2.24) is 14.1 Å². The fourth-order valence-corrected chi connectivity index (χ4v) is 7.18. The van der Waals surface area contributed by atoms with Gasteiger partial charge in [0.2, 0.25) is 15.9 Å². The van der Waals surface area contributed by atoms with E-state index in [2.05, 4.69) is 10.4 Å². The molecule has 0 saturated carbocycles. The Bertz CT molecular complexity index is 1220. The molecule has 10 nitrogen and oxygen atoms in total. The summed E-state index contributed by atoms with van der Waals surface area (Å²) >= 11 is 0. The number of amides is 1. The van der Waals surface area contributed by atoms with Gasteiger partial charge in [0.15, 0.2) is 9.84 Å². The Labute approximate surface area is 193 Å². The zero-order valence-corrected chi connectivity index (χ0v) is 20.1. The number of rotatable bonds is 7. The van der Waals surface area contributed by atoms with Gasteiger partial charge in [0, 0.05) is 25.6 Å². The number of hydrogen-bond acceptors (Lipinski definition) is 7. The number of anilines is 1. The average molecular weight is 497 g/mol. The van der Waals surface area contributed by atoms with Gasteiger partial charge in [-0.25, -0.2) is 21.5 Å². The van der Waals surface area contributed by atoms with Crippen LogP contribution in [0.25, 0.3) is 0 Å². The highest BCUT2D eigenvalue weighted by molar-refractivity contribution is 7.91. The summed E-state index contributed by atoms with van der Waals surface area (Å²) in [4.78, 5) is 12.8. The van der Waals surface area contributed by atoms with Gasteiger partial charge < -0.3 is 10.1 Å². The van der Waals surface area contributed by atoms with Gasteiger partial charge in [-0.05, 0) is 37.5 Å². The van der Waals surface area contributed by atoms with E-state index in [4.69, 9.17) is 4.74 Å². The average Bonchev–Trinajstić information content (AvgIpc) is 3.34. The van der Waals surface area contributed by atoms with Gasteiger partial charge in [0.1, 0.15) is 5.82 Å². The number of aryl methyl sites for hydroxylation is 2. The molecule has 3 heterocycles. The lowest BCUT2D eigenvalue weighted by molar-refractivity contribution is -0.116. The van der Waals surface area contributed by atoms with Crippen molar-refractivity contribution in [3.63, 3.8) is 0 Å². The number of nitrogens with zero attached hydrogens (tertiary/aromatic N) is 3. The van der Waals surface area contributed by atoms with E-state index < -0.39 is 19.9 Å². The molecular formula is C21H28N4O6S2. The van der Waals surface area contributed by atoms with Crippen molar-refractivity contribution >= 4 is 31.6 Å². The van der Waals surface area contributed by atoms with Crippen LogP contribution in [0.2, 0.25) is 0 Å². The second kappa shape index (κ2) is 9.53. The Morgan fingerprint density at radius 2 is 1.91 bits per heavy atom. The molecule has 1 aromatic heterocycles. The van der Waals surface area contributed by atoms with Crippen molar-refractivity contribution in [3.8, 4) is 0 Å². The molecule has 4 rings (SSSR count). The third-order valence-corrected chi connectivity index (χ3v) is 9.51. The lowest BCUT2D eigenvalue weighted by Crippen LogP contribution is -2.40. The molecule has 1 amide bonds. The minimum atomic E-state index is -3.55. The van der Waals surface area contributed by atoms with Crippen molar-refractivity contribution in [2.45, 2.75) is 37.1 Å². The van der Waals surface area contributed by atoms with Crippen LogP contribution in [-0.2, 0) is 35.8 Å². The Balaban J connectivity index is 1.35. The van der Waals surface area contributed by atoms with Crippen LogP contribution in [-0.4, -0.2) is 74.6 Å². The first kappa shape index (κ1) is 23.9. The monoisotopic (exact) mass is 496 g/mol. The van der Waals surface area contributed by atoms with Crippen LogP contribution in [0.3, 0.4) is 0 Å². The van der Waals surface area contributed by atoms with Gasteiger partial charge in [-0.15, -0.1) is 0 Å². The Hall–Kier alpha value is -2.28. The van der Waals surface area contributed by atoms with Gasteiger partial charge >= 0.3 is 0 Å². The number of nitrogens with one attached hydrogen (secondary N) is 1. The van der Waals surface area contributed by atoms with Crippen molar-refractivity contribution in [2.24, 2.45) is 0 Å². The molecule has 180 valence electrons. The first-order valence-electron chi connectivity index (χ1n) is 10.9. The third kappa shape index (κ3) is 5.62. The Kier molecular flexibility index (Phi) is 6.89. The highest BCUT2D eigenvalue weighted by Crippen LogP contribution is 2.27. The summed E-state index contributed by atoms with van der Waals surface area (Å²) in [5.74, 6) is 0.423. The summed E-state index contributed by atoms with van der Waals surface area (Å²) in [5, 5.41) is 7.21. The zero-order chi connectivity index (χ0) is 23.6. The standard InChI is InChI=1S/C21H28N4O6S2/c1-16-14-20(25(23-16)18-8-13-32(27,28)15-18)22-21(26)7-4-17-2-5-19(6-3-17)33(29,30)24-9-11-31-12-10-24/h2-3,5-6,14,18H,4,7-13,15H2,1H3,(H,22,26). The van der Waals surface area contributed by atoms with Crippen LogP contribution in [0.5, 0.6) is 0 Å². The summed E-state index contributed by atoms with van der Waals surface area (Å²) in [6.07, 6.45) is 1.11. The number of aromatic nitrogens is 2. The maximum absolute atomic E-state index is 12.7. The van der Waals surface area contributed by atoms with Crippen LogP contribution in [0.1, 0.15) is 30.1 Å². The van der Waals surface area contributed by atoms with E-state index >= 15 is 0 Å². The molecule has 0 bridgehead atoms. The number of sulfone groups is 1. The molecule has 0 aliphatic carbocycles. The summed E-state index contributed by atoms with van der Waals surface area (Å²) in [5.41, 5.74) is 1.55. The highest BCUT2D eigenvalue weighted by atomic mass is 32.2. The molecule has 1 aromatic carbocycles. The number of hydrogen-bond donors (Lipinski definition) is 1.